The molecule has 0 radical (unpaired) electrons. The largest absolute Gasteiger partial charge is 0.295 e. The van der Waals surface area contributed by atoms with Crippen molar-refractivity contribution in [2.24, 2.45) is 0 Å². The number of benzene rings is 1. The number of fused-ring (bicyclic) bond motifs is 1. The summed E-state index contributed by atoms with van der Waals surface area (Å²) in [5.74, 6) is 0. The third-order valence-electron chi connectivity index (χ3n) is 3.31. The normalized spacial score (nSPS) is 11.0. The minimum Gasteiger partial charge on any atom is -0.288 e. The quantitative estimate of drug-likeness (QED) is 0.590. The molecule has 2 aromatic heterocycles. The van der Waals surface area contributed by atoms with Crippen LogP contribution in [0, 0.1) is 30.9 Å². The second-order valence-corrected chi connectivity index (χ2v) is 6.13. The Morgan fingerprint density at radius 3 is 2.52 bits per heavy atom. The van der Waals surface area contributed by atoms with Gasteiger partial charge in [-0.15, -0.1) is 11.3 Å². The molecule has 0 fully saturated rings. The molecule has 3 rings (SSSR count). The molecule has 2 heterocycles. The van der Waals surface area contributed by atoms with Gasteiger partial charge in [0.1, 0.15) is 5.69 Å². The molecule has 6 nitrogen and oxygen atoms in total. The molecule has 0 amide bonds. The molecule has 0 saturated carbocycles. The topological polar surface area (TPSA) is 73.0 Å². The van der Waals surface area contributed by atoms with Crippen LogP contribution in [0.25, 0.3) is 10.2 Å². The molecule has 0 saturated heterocycles. The molecule has 0 aliphatic heterocycles. The van der Waals surface area contributed by atoms with E-state index < -0.39 is 0 Å². The second-order valence-electron chi connectivity index (χ2n) is 4.89. The van der Waals surface area contributed by atoms with Crippen LogP contribution in [0.4, 0.5) is 11.4 Å². The lowest BCUT2D eigenvalue weighted by Crippen LogP contribution is -2.13. The van der Waals surface area contributed by atoms with Crippen LogP contribution in [0.5, 0.6) is 0 Å². The number of nitro benzene ring substituents is 1. The van der Waals surface area contributed by atoms with Crippen molar-refractivity contribution in [3.63, 3.8) is 0 Å². The lowest BCUT2D eigenvalue weighted by Gasteiger charge is -2.12. The zero-order valence-electron chi connectivity index (χ0n) is 11.9. The minimum absolute atomic E-state index is 0.0543. The summed E-state index contributed by atoms with van der Waals surface area (Å²) in [6.45, 7) is 5.78. The van der Waals surface area contributed by atoms with E-state index in [1.165, 1.54) is 11.3 Å². The second kappa shape index (κ2) is 4.85. The van der Waals surface area contributed by atoms with Gasteiger partial charge in [-0.1, -0.05) is 0 Å². The Morgan fingerprint density at radius 1 is 1.24 bits per heavy atom. The molecular weight excluding hydrogens is 288 g/mol. The summed E-state index contributed by atoms with van der Waals surface area (Å²) in [5, 5.41) is 12.2. The van der Waals surface area contributed by atoms with E-state index in [9.17, 15) is 10.1 Å². The van der Waals surface area contributed by atoms with Gasteiger partial charge < -0.3 is 0 Å². The summed E-state index contributed by atoms with van der Waals surface area (Å²) in [6, 6.07) is 7.23. The summed E-state index contributed by atoms with van der Waals surface area (Å²) in [4.78, 5) is 15.3. The van der Waals surface area contributed by atoms with Crippen LogP contribution in [0.1, 0.15) is 16.4 Å². The Bertz CT molecular complexity index is 831. The van der Waals surface area contributed by atoms with Gasteiger partial charge in [0.15, 0.2) is 0 Å². The van der Waals surface area contributed by atoms with Crippen LogP contribution in [0.15, 0.2) is 24.3 Å². The molecule has 0 unspecified atom stereocenters. The van der Waals surface area contributed by atoms with Crippen LogP contribution in [0.2, 0.25) is 0 Å². The number of anilines is 1. The molecule has 0 atom stereocenters. The van der Waals surface area contributed by atoms with Crippen molar-refractivity contribution in [2.75, 3.05) is 5.43 Å². The SMILES string of the molecule is Cc1nc2cc(Nn3c(C)ccc3C)c([N+](=O)[O-])cc2s1. The van der Waals surface area contributed by atoms with Gasteiger partial charge in [0.05, 0.1) is 20.1 Å². The molecule has 21 heavy (non-hydrogen) atoms. The first kappa shape index (κ1) is 13.6. The Kier molecular flexibility index (Phi) is 3.13. The third kappa shape index (κ3) is 2.36. The monoisotopic (exact) mass is 302 g/mol. The van der Waals surface area contributed by atoms with Crippen LogP contribution in [-0.4, -0.2) is 14.6 Å². The Morgan fingerprint density at radius 2 is 1.90 bits per heavy atom. The highest BCUT2D eigenvalue weighted by Crippen LogP contribution is 2.33. The number of nitro groups is 1. The molecule has 0 aliphatic rings. The van der Waals surface area contributed by atoms with E-state index in [0.29, 0.717) is 5.69 Å². The lowest BCUT2D eigenvalue weighted by molar-refractivity contribution is -0.383. The van der Waals surface area contributed by atoms with Gasteiger partial charge in [-0.2, -0.15) is 0 Å². The average molecular weight is 302 g/mol. The van der Waals surface area contributed by atoms with E-state index in [-0.39, 0.29) is 10.6 Å². The first-order valence-electron chi connectivity index (χ1n) is 6.43. The van der Waals surface area contributed by atoms with Gasteiger partial charge >= 0.3 is 0 Å². The van der Waals surface area contributed by atoms with E-state index in [2.05, 4.69) is 10.4 Å². The summed E-state index contributed by atoms with van der Waals surface area (Å²) < 4.78 is 2.65. The fourth-order valence-electron chi connectivity index (χ4n) is 2.28. The molecule has 1 N–H and O–H groups in total. The number of nitrogens with zero attached hydrogens (tertiary/aromatic N) is 3. The maximum atomic E-state index is 11.3. The number of hydrogen-bond acceptors (Lipinski definition) is 5. The number of aromatic nitrogens is 2. The van der Waals surface area contributed by atoms with Gasteiger partial charge in [0, 0.05) is 17.5 Å². The van der Waals surface area contributed by atoms with Crippen LogP contribution in [-0.2, 0) is 0 Å². The third-order valence-corrected chi connectivity index (χ3v) is 4.25. The first-order chi connectivity index (χ1) is 9.95. The van der Waals surface area contributed by atoms with E-state index in [1.807, 2.05) is 37.6 Å². The molecule has 3 aromatic rings. The lowest BCUT2D eigenvalue weighted by atomic mass is 10.2. The van der Waals surface area contributed by atoms with E-state index in [0.717, 1.165) is 26.6 Å². The number of aryl methyl sites for hydroxylation is 3. The van der Waals surface area contributed by atoms with Crippen molar-refractivity contribution < 1.29 is 4.92 Å². The summed E-state index contributed by atoms with van der Waals surface area (Å²) in [5.41, 5.74) is 6.35. The van der Waals surface area contributed by atoms with Crippen molar-refractivity contribution in [1.29, 1.82) is 0 Å². The van der Waals surface area contributed by atoms with Crippen molar-refractivity contribution in [3.05, 3.63) is 50.8 Å². The molecule has 0 aliphatic carbocycles. The van der Waals surface area contributed by atoms with E-state index in [4.69, 9.17) is 0 Å². The average Bonchev–Trinajstić information content (AvgIpc) is 2.93. The highest BCUT2D eigenvalue weighted by molar-refractivity contribution is 7.18. The van der Waals surface area contributed by atoms with Crippen LogP contribution in [0.3, 0.4) is 0 Å². The van der Waals surface area contributed by atoms with Gasteiger partial charge in [-0.25, -0.2) is 4.98 Å². The van der Waals surface area contributed by atoms with Crippen molar-refractivity contribution in [2.45, 2.75) is 20.8 Å². The van der Waals surface area contributed by atoms with Crippen LogP contribution < -0.4 is 5.43 Å². The molecule has 0 spiro atoms. The zero-order valence-corrected chi connectivity index (χ0v) is 12.7. The van der Waals surface area contributed by atoms with Crippen molar-refractivity contribution in [1.82, 2.24) is 9.66 Å². The molecule has 7 heteroatoms. The highest BCUT2D eigenvalue weighted by atomic mass is 32.1. The Labute approximate surface area is 125 Å². The molecular formula is C14H14N4O2S. The predicted octanol–water partition coefficient (Wildman–Crippen LogP) is 3.81. The smallest absolute Gasteiger partial charge is 0.288 e. The Balaban J connectivity index is 2.15. The van der Waals surface area contributed by atoms with Gasteiger partial charge in [-0.3, -0.25) is 20.2 Å². The maximum Gasteiger partial charge on any atom is 0.295 e. The summed E-state index contributed by atoms with van der Waals surface area (Å²) in [7, 11) is 0. The highest BCUT2D eigenvalue weighted by Gasteiger charge is 2.18. The standard InChI is InChI=1S/C14H14N4O2S/c1-8-4-5-9(2)17(8)16-11-6-12-14(21-10(3)15-12)7-13(11)18(19)20/h4-7,16H,1-3H3. The molecule has 1 aromatic carbocycles. The van der Waals surface area contributed by atoms with Crippen molar-refractivity contribution >= 4 is 32.9 Å². The first-order valence-corrected chi connectivity index (χ1v) is 7.25. The molecule has 108 valence electrons. The number of rotatable bonds is 3. The van der Waals surface area contributed by atoms with E-state index >= 15 is 0 Å². The van der Waals surface area contributed by atoms with Crippen LogP contribution >= 0.6 is 11.3 Å². The van der Waals surface area contributed by atoms with Gasteiger partial charge in [-0.05, 0) is 39.0 Å². The predicted molar refractivity (Wildman–Crippen MR) is 83.9 cm³/mol. The minimum atomic E-state index is -0.370. The Hall–Kier alpha value is -2.41. The summed E-state index contributed by atoms with van der Waals surface area (Å²) >= 11 is 1.46. The van der Waals surface area contributed by atoms with E-state index in [1.54, 1.807) is 12.1 Å². The zero-order chi connectivity index (χ0) is 15.1. The maximum absolute atomic E-state index is 11.3. The van der Waals surface area contributed by atoms with Crippen molar-refractivity contribution in [3.8, 4) is 0 Å². The molecule has 0 bridgehead atoms. The van der Waals surface area contributed by atoms with Gasteiger partial charge in [0.2, 0.25) is 0 Å². The van der Waals surface area contributed by atoms with Gasteiger partial charge in [0.25, 0.3) is 5.69 Å². The number of nitrogens with one attached hydrogen (secondary N) is 1. The number of hydrogen-bond donors (Lipinski definition) is 1. The number of thiazole rings is 1. The fraction of sp³-hybridized carbons (Fsp3) is 0.214. The summed E-state index contributed by atoms with van der Waals surface area (Å²) in [6.07, 6.45) is 0. The fourth-order valence-corrected chi connectivity index (χ4v) is 3.13.